The van der Waals surface area contributed by atoms with Gasteiger partial charge < -0.3 is 0 Å². The van der Waals surface area contributed by atoms with Gasteiger partial charge in [0.25, 0.3) is 0 Å². The van der Waals surface area contributed by atoms with Gasteiger partial charge in [0.2, 0.25) is 5.91 Å². The Hall–Kier alpha value is -1.35. The SMILES string of the molecule is CNNC(=O)Cc1cc(C)c(C)cc1C. The first-order valence-electron chi connectivity index (χ1n) is 5.07. The zero-order chi connectivity index (χ0) is 11.4. The van der Waals surface area contributed by atoms with Gasteiger partial charge in [0, 0.05) is 7.05 Å². The fourth-order valence-corrected chi connectivity index (χ4v) is 1.57. The lowest BCUT2D eigenvalue weighted by atomic mass is 9.99. The van der Waals surface area contributed by atoms with Crippen LogP contribution in [-0.2, 0) is 11.2 Å². The van der Waals surface area contributed by atoms with Crippen LogP contribution in [0.2, 0.25) is 0 Å². The Morgan fingerprint density at radius 2 is 1.73 bits per heavy atom. The minimum atomic E-state index is -0.0103. The van der Waals surface area contributed by atoms with Crippen LogP contribution in [0.5, 0.6) is 0 Å². The van der Waals surface area contributed by atoms with Crippen LogP contribution in [0, 0.1) is 20.8 Å². The van der Waals surface area contributed by atoms with Crippen LogP contribution in [0.4, 0.5) is 0 Å². The van der Waals surface area contributed by atoms with E-state index in [1.807, 2.05) is 6.92 Å². The Labute approximate surface area is 90.9 Å². The number of carbonyl (C=O) groups excluding carboxylic acids is 1. The molecule has 2 N–H and O–H groups in total. The summed E-state index contributed by atoms with van der Waals surface area (Å²) in [7, 11) is 1.69. The maximum Gasteiger partial charge on any atom is 0.238 e. The second kappa shape index (κ2) is 4.94. The first-order valence-corrected chi connectivity index (χ1v) is 5.07. The average molecular weight is 206 g/mol. The molecule has 1 rings (SSSR count). The van der Waals surface area contributed by atoms with Crippen molar-refractivity contribution < 1.29 is 4.79 Å². The van der Waals surface area contributed by atoms with E-state index in [1.54, 1.807) is 7.05 Å². The molecule has 0 aliphatic rings. The summed E-state index contributed by atoms with van der Waals surface area (Å²) >= 11 is 0. The summed E-state index contributed by atoms with van der Waals surface area (Å²) in [5.41, 5.74) is 9.96. The molecule has 0 saturated heterocycles. The highest BCUT2D eigenvalue weighted by Crippen LogP contribution is 2.15. The van der Waals surface area contributed by atoms with E-state index in [2.05, 4.69) is 36.8 Å². The lowest BCUT2D eigenvalue weighted by Crippen LogP contribution is -2.35. The third-order valence-electron chi connectivity index (χ3n) is 2.57. The molecule has 0 saturated carbocycles. The molecule has 0 fully saturated rings. The van der Waals surface area contributed by atoms with E-state index in [1.165, 1.54) is 16.7 Å². The van der Waals surface area contributed by atoms with Crippen LogP contribution in [0.3, 0.4) is 0 Å². The van der Waals surface area contributed by atoms with Gasteiger partial charge >= 0.3 is 0 Å². The van der Waals surface area contributed by atoms with Gasteiger partial charge in [-0.15, -0.1) is 0 Å². The molecule has 0 bridgehead atoms. The van der Waals surface area contributed by atoms with E-state index in [4.69, 9.17) is 0 Å². The van der Waals surface area contributed by atoms with Crippen molar-refractivity contribution >= 4 is 5.91 Å². The lowest BCUT2D eigenvalue weighted by Gasteiger charge is -2.09. The van der Waals surface area contributed by atoms with Crippen molar-refractivity contribution in [3.8, 4) is 0 Å². The topological polar surface area (TPSA) is 41.1 Å². The molecule has 0 radical (unpaired) electrons. The molecule has 0 aromatic heterocycles. The zero-order valence-corrected chi connectivity index (χ0v) is 9.77. The Morgan fingerprint density at radius 1 is 1.13 bits per heavy atom. The summed E-state index contributed by atoms with van der Waals surface area (Å²) in [6, 6.07) is 4.21. The van der Waals surface area contributed by atoms with Gasteiger partial charge in [-0.1, -0.05) is 12.1 Å². The quantitative estimate of drug-likeness (QED) is 0.734. The molecular formula is C12H18N2O. The minimum Gasteiger partial charge on any atom is -0.292 e. The fraction of sp³-hybridized carbons (Fsp3) is 0.417. The lowest BCUT2D eigenvalue weighted by molar-refractivity contribution is -0.121. The standard InChI is InChI=1S/C12H18N2O/c1-8-5-10(3)11(6-9(8)2)7-12(15)14-13-4/h5-6,13H,7H2,1-4H3,(H,14,15). The number of aryl methyl sites for hydroxylation is 3. The second-order valence-electron chi connectivity index (χ2n) is 3.84. The van der Waals surface area contributed by atoms with Crippen molar-refractivity contribution in [3.05, 3.63) is 34.4 Å². The predicted molar refractivity (Wildman–Crippen MR) is 61.6 cm³/mol. The molecular weight excluding hydrogens is 188 g/mol. The molecule has 0 heterocycles. The first-order chi connectivity index (χ1) is 7.04. The van der Waals surface area contributed by atoms with Crippen molar-refractivity contribution in [2.45, 2.75) is 27.2 Å². The number of amides is 1. The van der Waals surface area contributed by atoms with Gasteiger partial charge in [0.15, 0.2) is 0 Å². The summed E-state index contributed by atoms with van der Waals surface area (Å²) in [6.45, 7) is 6.18. The summed E-state index contributed by atoms with van der Waals surface area (Å²) in [6.07, 6.45) is 0.424. The Balaban J connectivity index is 2.86. The van der Waals surface area contributed by atoms with Crippen LogP contribution in [-0.4, -0.2) is 13.0 Å². The molecule has 0 spiro atoms. The van der Waals surface area contributed by atoms with E-state index < -0.39 is 0 Å². The van der Waals surface area contributed by atoms with Gasteiger partial charge in [0.05, 0.1) is 6.42 Å². The van der Waals surface area contributed by atoms with E-state index in [0.717, 1.165) is 5.56 Å². The highest BCUT2D eigenvalue weighted by atomic mass is 16.2. The molecule has 15 heavy (non-hydrogen) atoms. The van der Waals surface area contributed by atoms with E-state index >= 15 is 0 Å². The van der Waals surface area contributed by atoms with Crippen LogP contribution < -0.4 is 10.9 Å². The summed E-state index contributed by atoms with van der Waals surface area (Å²) in [5, 5.41) is 0. The van der Waals surface area contributed by atoms with Crippen LogP contribution in [0.15, 0.2) is 12.1 Å². The molecule has 82 valence electrons. The van der Waals surface area contributed by atoms with Gasteiger partial charge in [-0.05, 0) is 43.0 Å². The highest BCUT2D eigenvalue weighted by molar-refractivity contribution is 5.78. The first kappa shape index (κ1) is 11.7. The molecule has 0 aliphatic heterocycles. The molecule has 3 heteroatoms. The number of hydrazine groups is 1. The van der Waals surface area contributed by atoms with Crippen molar-refractivity contribution in [2.75, 3.05) is 7.05 Å². The van der Waals surface area contributed by atoms with Gasteiger partial charge in [-0.3, -0.25) is 10.2 Å². The maximum atomic E-state index is 11.4. The van der Waals surface area contributed by atoms with E-state index in [-0.39, 0.29) is 5.91 Å². The number of nitrogens with one attached hydrogen (secondary N) is 2. The normalized spacial score (nSPS) is 10.1. The predicted octanol–water partition coefficient (Wildman–Crippen LogP) is 1.40. The number of carbonyl (C=O) groups is 1. The van der Waals surface area contributed by atoms with Crippen molar-refractivity contribution in [2.24, 2.45) is 0 Å². The van der Waals surface area contributed by atoms with Crippen molar-refractivity contribution in [1.29, 1.82) is 0 Å². The number of rotatable bonds is 3. The zero-order valence-electron chi connectivity index (χ0n) is 9.77. The van der Waals surface area contributed by atoms with Gasteiger partial charge in [-0.2, -0.15) is 0 Å². The molecule has 0 aliphatic carbocycles. The van der Waals surface area contributed by atoms with E-state index in [9.17, 15) is 4.79 Å². The third kappa shape index (κ3) is 3.06. The van der Waals surface area contributed by atoms with Crippen LogP contribution in [0.25, 0.3) is 0 Å². The molecule has 1 aromatic carbocycles. The summed E-state index contributed by atoms with van der Waals surface area (Å²) in [5.74, 6) is -0.0103. The number of hydrogen-bond donors (Lipinski definition) is 2. The van der Waals surface area contributed by atoms with Crippen LogP contribution >= 0.6 is 0 Å². The minimum absolute atomic E-state index is 0.0103. The summed E-state index contributed by atoms with van der Waals surface area (Å²) in [4.78, 5) is 11.4. The maximum absolute atomic E-state index is 11.4. The third-order valence-corrected chi connectivity index (χ3v) is 2.57. The molecule has 1 amide bonds. The van der Waals surface area contributed by atoms with Gasteiger partial charge in [-0.25, -0.2) is 5.43 Å². The Morgan fingerprint density at radius 3 is 2.33 bits per heavy atom. The number of benzene rings is 1. The Bertz CT molecular complexity index is 372. The second-order valence-corrected chi connectivity index (χ2v) is 3.84. The van der Waals surface area contributed by atoms with Crippen LogP contribution in [0.1, 0.15) is 22.3 Å². The largest absolute Gasteiger partial charge is 0.292 e. The van der Waals surface area contributed by atoms with E-state index in [0.29, 0.717) is 6.42 Å². The monoisotopic (exact) mass is 206 g/mol. The molecule has 0 atom stereocenters. The molecule has 0 unspecified atom stereocenters. The average Bonchev–Trinajstić information content (AvgIpc) is 2.14. The smallest absolute Gasteiger partial charge is 0.238 e. The molecule has 1 aromatic rings. The molecule has 3 nitrogen and oxygen atoms in total. The highest BCUT2D eigenvalue weighted by Gasteiger charge is 2.06. The van der Waals surface area contributed by atoms with Gasteiger partial charge in [0.1, 0.15) is 0 Å². The summed E-state index contributed by atoms with van der Waals surface area (Å²) < 4.78 is 0. The van der Waals surface area contributed by atoms with Crippen molar-refractivity contribution in [1.82, 2.24) is 10.9 Å². The number of hydrogen-bond acceptors (Lipinski definition) is 2. The van der Waals surface area contributed by atoms with Crippen molar-refractivity contribution in [3.63, 3.8) is 0 Å². The Kier molecular flexibility index (Phi) is 3.86. The fourth-order valence-electron chi connectivity index (χ4n) is 1.57.